The molecule has 0 aliphatic carbocycles. The lowest BCUT2D eigenvalue weighted by molar-refractivity contribution is 0.0249. The molecule has 4 rings (SSSR count). The number of hydrogen-bond donors (Lipinski definition) is 0. The summed E-state index contributed by atoms with van der Waals surface area (Å²) in [6, 6.07) is 14.6. The van der Waals surface area contributed by atoms with Gasteiger partial charge < -0.3 is 4.74 Å². The third-order valence-corrected chi connectivity index (χ3v) is 4.47. The molecule has 1 aliphatic rings. The molecule has 124 valence electrons. The molecule has 3 heterocycles. The molecule has 0 fully saturated rings. The summed E-state index contributed by atoms with van der Waals surface area (Å²) in [5.41, 5.74) is 3.38. The maximum absolute atomic E-state index is 5.90. The number of nitrogens with zero attached hydrogens (tertiary/aromatic N) is 4. The van der Waals surface area contributed by atoms with Crippen LogP contribution < -0.4 is 0 Å². The van der Waals surface area contributed by atoms with Gasteiger partial charge in [0.05, 0.1) is 29.6 Å². The van der Waals surface area contributed by atoms with Gasteiger partial charge in [0, 0.05) is 37.8 Å². The second-order valence-electron chi connectivity index (χ2n) is 6.25. The Balaban J connectivity index is 1.57. The monoisotopic (exact) mass is 322 g/mol. The molecule has 0 saturated carbocycles. The molecule has 5 nitrogen and oxygen atoms in total. The molecule has 0 spiro atoms. The fourth-order valence-corrected chi connectivity index (χ4v) is 3.38. The Hall–Kier alpha value is -2.24. The van der Waals surface area contributed by atoms with Crippen LogP contribution in [0.4, 0.5) is 0 Å². The van der Waals surface area contributed by atoms with E-state index in [1.54, 1.807) is 0 Å². The second kappa shape index (κ2) is 6.71. The second-order valence-corrected chi connectivity index (χ2v) is 6.25. The van der Waals surface area contributed by atoms with Gasteiger partial charge in [-0.3, -0.25) is 14.6 Å². The maximum Gasteiger partial charge on any atom is 0.0897 e. The van der Waals surface area contributed by atoms with Crippen LogP contribution in [0.15, 0.2) is 48.7 Å². The molecule has 1 aliphatic heterocycles. The summed E-state index contributed by atoms with van der Waals surface area (Å²) in [5.74, 6) is 0. The average molecular weight is 322 g/mol. The minimum atomic E-state index is 0.164. The highest BCUT2D eigenvalue weighted by molar-refractivity contribution is 5.78. The number of pyridine rings is 1. The molecule has 0 radical (unpaired) electrons. The molecule has 24 heavy (non-hydrogen) atoms. The van der Waals surface area contributed by atoms with Crippen molar-refractivity contribution < 1.29 is 4.74 Å². The summed E-state index contributed by atoms with van der Waals surface area (Å²) in [6.45, 7) is 6.18. The fourth-order valence-electron chi connectivity index (χ4n) is 3.38. The molecule has 0 saturated heterocycles. The van der Waals surface area contributed by atoms with E-state index in [9.17, 15) is 0 Å². The minimum absolute atomic E-state index is 0.164. The van der Waals surface area contributed by atoms with Gasteiger partial charge in [-0.2, -0.15) is 5.10 Å². The number of ether oxygens (including phenoxy) is 1. The van der Waals surface area contributed by atoms with Crippen molar-refractivity contribution >= 4 is 10.9 Å². The summed E-state index contributed by atoms with van der Waals surface area (Å²) < 4.78 is 7.97. The van der Waals surface area contributed by atoms with E-state index in [1.165, 1.54) is 11.1 Å². The predicted octanol–water partition coefficient (Wildman–Crippen LogP) is 2.85. The van der Waals surface area contributed by atoms with Gasteiger partial charge in [-0.25, -0.2) is 0 Å². The van der Waals surface area contributed by atoms with Crippen LogP contribution in [0, 0.1) is 0 Å². The zero-order valence-corrected chi connectivity index (χ0v) is 13.9. The molecule has 2 aromatic heterocycles. The van der Waals surface area contributed by atoms with Crippen molar-refractivity contribution in [2.45, 2.75) is 32.7 Å². The topological polar surface area (TPSA) is 43.2 Å². The van der Waals surface area contributed by atoms with E-state index in [0.717, 1.165) is 44.0 Å². The van der Waals surface area contributed by atoms with E-state index in [2.05, 4.69) is 45.0 Å². The van der Waals surface area contributed by atoms with Gasteiger partial charge in [0.1, 0.15) is 0 Å². The summed E-state index contributed by atoms with van der Waals surface area (Å²) in [6.07, 6.45) is 2.03. The average Bonchev–Trinajstić information content (AvgIpc) is 2.95. The van der Waals surface area contributed by atoms with Gasteiger partial charge in [-0.1, -0.05) is 24.3 Å². The van der Waals surface area contributed by atoms with Crippen LogP contribution in [-0.4, -0.2) is 38.9 Å². The van der Waals surface area contributed by atoms with E-state index in [1.807, 2.05) is 25.3 Å². The van der Waals surface area contributed by atoms with Crippen LogP contribution in [0.1, 0.15) is 18.3 Å². The fraction of sp³-hybridized carbons (Fsp3) is 0.368. The number of fused-ring (bicyclic) bond motifs is 2. The molecule has 1 aromatic carbocycles. The third-order valence-electron chi connectivity index (χ3n) is 4.47. The van der Waals surface area contributed by atoms with Crippen molar-refractivity contribution in [2.24, 2.45) is 0 Å². The van der Waals surface area contributed by atoms with Crippen LogP contribution in [0.5, 0.6) is 0 Å². The van der Waals surface area contributed by atoms with Crippen LogP contribution in [-0.2, 0) is 24.4 Å². The first-order valence-electron chi connectivity index (χ1n) is 8.51. The van der Waals surface area contributed by atoms with E-state index in [0.29, 0.717) is 0 Å². The Morgan fingerprint density at radius 1 is 1.12 bits per heavy atom. The number of aromatic nitrogens is 3. The third kappa shape index (κ3) is 3.18. The Bertz CT molecular complexity index is 829. The van der Waals surface area contributed by atoms with Gasteiger partial charge in [0.25, 0.3) is 0 Å². The Labute approximate surface area is 141 Å². The van der Waals surface area contributed by atoms with Crippen LogP contribution >= 0.6 is 0 Å². The van der Waals surface area contributed by atoms with Crippen LogP contribution in [0.25, 0.3) is 10.9 Å². The number of rotatable bonds is 4. The van der Waals surface area contributed by atoms with Gasteiger partial charge in [0.2, 0.25) is 0 Å². The largest absolute Gasteiger partial charge is 0.375 e. The minimum Gasteiger partial charge on any atom is -0.375 e. The van der Waals surface area contributed by atoms with Crippen molar-refractivity contribution in [2.75, 3.05) is 13.2 Å². The molecule has 5 heteroatoms. The van der Waals surface area contributed by atoms with Crippen molar-refractivity contribution in [1.82, 2.24) is 19.7 Å². The summed E-state index contributed by atoms with van der Waals surface area (Å²) in [4.78, 5) is 7.21. The first kappa shape index (κ1) is 15.3. The van der Waals surface area contributed by atoms with Gasteiger partial charge >= 0.3 is 0 Å². The molecular weight excluding hydrogens is 300 g/mol. The van der Waals surface area contributed by atoms with Crippen molar-refractivity contribution in [3.05, 3.63) is 60.0 Å². The van der Waals surface area contributed by atoms with E-state index in [-0.39, 0.29) is 6.10 Å². The van der Waals surface area contributed by atoms with Gasteiger partial charge in [-0.15, -0.1) is 0 Å². The molecule has 1 atom stereocenters. The molecule has 0 bridgehead atoms. The van der Waals surface area contributed by atoms with E-state index < -0.39 is 0 Å². The smallest absolute Gasteiger partial charge is 0.0897 e. The van der Waals surface area contributed by atoms with Crippen LogP contribution in [0.2, 0.25) is 0 Å². The summed E-state index contributed by atoms with van der Waals surface area (Å²) in [7, 11) is 0. The molecule has 0 amide bonds. The predicted molar refractivity (Wildman–Crippen MR) is 93.5 cm³/mol. The maximum atomic E-state index is 5.90. The van der Waals surface area contributed by atoms with E-state index in [4.69, 9.17) is 9.72 Å². The molecule has 3 aromatic rings. The standard InChI is InChI=1S/C19H22N4O/c1-2-24-18-13-22(12-17-9-10-20-23(17)14-18)11-16-8-7-15-5-3-4-6-19(15)21-16/h3-10,18H,2,11-14H2,1H3. The van der Waals surface area contributed by atoms with Crippen molar-refractivity contribution in [1.29, 1.82) is 0 Å². The quantitative estimate of drug-likeness (QED) is 0.741. The lowest BCUT2D eigenvalue weighted by Gasteiger charge is -2.23. The highest BCUT2D eigenvalue weighted by Gasteiger charge is 2.22. The Morgan fingerprint density at radius 2 is 2.04 bits per heavy atom. The van der Waals surface area contributed by atoms with Gasteiger partial charge in [0.15, 0.2) is 0 Å². The molecule has 1 unspecified atom stereocenters. The lowest BCUT2D eigenvalue weighted by Crippen LogP contribution is -2.33. The van der Waals surface area contributed by atoms with E-state index >= 15 is 0 Å². The summed E-state index contributed by atoms with van der Waals surface area (Å²) >= 11 is 0. The number of benzene rings is 1. The Kier molecular flexibility index (Phi) is 4.28. The zero-order chi connectivity index (χ0) is 16.4. The first-order valence-corrected chi connectivity index (χ1v) is 8.51. The SMILES string of the molecule is CCOC1CN(Cc2ccc3ccccc3n2)Cc2ccnn2C1. The van der Waals surface area contributed by atoms with Crippen LogP contribution in [0.3, 0.4) is 0 Å². The normalized spacial score (nSPS) is 18.5. The highest BCUT2D eigenvalue weighted by atomic mass is 16.5. The van der Waals surface area contributed by atoms with Crippen molar-refractivity contribution in [3.63, 3.8) is 0 Å². The molecule has 0 N–H and O–H groups in total. The molecular formula is C19H22N4O. The van der Waals surface area contributed by atoms with Gasteiger partial charge in [-0.05, 0) is 25.1 Å². The Morgan fingerprint density at radius 3 is 2.96 bits per heavy atom. The lowest BCUT2D eigenvalue weighted by atomic mass is 10.2. The first-order chi connectivity index (χ1) is 11.8. The number of hydrogen-bond acceptors (Lipinski definition) is 4. The number of para-hydroxylation sites is 1. The highest BCUT2D eigenvalue weighted by Crippen LogP contribution is 2.18. The zero-order valence-electron chi connectivity index (χ0n) is 13.9. The van der Waals surface area contributed by atoms with Crippen molar-refractivity contribution in [3.8, 4) is 0 Å². The summed E-state index contributed by atoms with van der Waals surface area (Å²) in [5, 5.41) is 5.61.